The number of amides is 1. The van der Waals surface area contributed by atoms with Crippen LogP contribution in [0.1, 0.15) is 25.0 Å². The van der Waals surface area contributed by atoms with Gasteiger partial charge in [-0.3, -0.25) is 4.79 Å². The average molecular weight is 354 g/mol. The molecule has 0 aliphatic carbocycles. The van der Waals surface area contributed by atoms with Gasteiger partial charge in [0.1, 0.15) is 6.61 Å². The number of hydrogen-bond donors (Lipinski definition) is 1. The van der Waals surface area contributed by atoms with Crippen LogP contribution in [0, 0.1) is 0 Å². The van der Waals surface area contributed by atoms with Crippen LogP contribution in [0.2, 0.25) is 0 Å². The number of carbonyl (C=O) groups excluding carboxylic acids is 1. The van der Waals surface area contributed by atoms with E-state index in [1.165, 1.54) is 19.3 Å². The molecule has 2 aromatic rings. The minimum absolute atomic E-state index is 0.200. The maximum absolute atomic E-state index is 12.4. The SMILES string of the molecule is O=C(NCc1ccnc(N2CCCCC2)n1)C1COc2ccccc2O1. The fraction of sp³-hybridized carbons (Fsp3) is 0.421. The van der Waals surface area contributed by atoms with E-state index >= 15 is 0 Å². The number of anilines is 1. The molecule has 4 rings (SSSR count). The molecule has 1 atom stereocenters. The first-order valence-corrected chi connectivity index (χ1v) is 9.03. The fourth-order valence-corrected chi connectivity index (χ4v) is 3.17. The van der Waals surface area contributed by atoms with Gasteiger partial charge in [-0.05, 0) is 37.5 Å². The first kappa shape index (κ1) is 16.6. The molecule has 7 nitrogen and oxygen atoms in total. The lowest BCUT2D eigenvalue weighted by molar-refractivity contribution is -0.130. The molecule has 1 fully saturated rings. The third-order valence-electron chi connectivity index (χ3n) is 4.58. The van der Waals surface area contributed by atoms with E-state index in [1.54, 1.807) is 12.3 Å². The van der Waals surface area contributed by atoms with E-state index in [0.29, 0.717) is 18.0 Å². The van der Waals surface area contributed by atoms with Crippen LogP contribution in [0.4, 0.5) is 5.95 Å². The Labute approximate surface area is 152 Å². The van der Waals surface area contributed by atoms with Crippen LogP contribution >= 0.6 is 0 Å². The Balaban J connectivity index is 1.35. The van der Waals surface area contributed by atoms with Crippen LogP contribution in [0.15, 0.2) is 36.5 Å². The molecular formula is C19H22N4O3. The lowest BCUT2D eigenvalue weighted by Crippen LogP contribution is -2.43. The lowest BCUT2D eigenvalue weighted by atomic mass is 10.1. The van der Waals surface area contributed by atoms with Crippen molar-refractivity contribution in [3.63, 3.8) is 0 Å². The van der Waals surface area contributed by atoms with E-state index in [-0.39, 0.29) is 12.5 Å². The summed E-state index contributed by atoms with van der Waals surface area (Å²) in [6, 6.07) is 9.17. The van der Waals surface area contributed by atoms with Gasteiger partial charge in [-0.1, -0.05) is 12.1 Å². The number of fused-ring (bicyclic) bond motifs is 1. The van der Waals surface area contributed by atoms with Gasteiger partial charge in [0.15, 0.2) is 11.5 Å². The quantitative estimate of drug-likeness (QED) is 0.904. The number of nitrogens with one attached hydrogen (secondary N) is 1. The summed E-state index contributed by atoms with van der Waals surface area (Å²) in [4.78, 5) is 23.5. The molecule has 2 aliphatic rings. The van der Waals surface area contributed by atoms with Crippen molar-refractivity contribution in [1.82, 2.24) is 15.3 Å². The predicted molar refractivity (Wildman–Crippen MR) is 96.3 cm³/mol. The molecule has 0 radical (unpaired) electrons. The zero-order valence-corrected chi connectivity index (χ0v) is 14.6. The van der Waals surface area contributed by atoms with Crippen LogP contribution in [0.3, 0.4) is 0 Å². The normalized spacial score (nSPS) is 19.1. The Morgan fingerprint density at radius 3 is 2.81 bits per heavy atom. The van der Waals surface area contributed by atoms with Gasteiger partial charge in [-0.2, -0.15) is 0 Å². The number of benzene rings is 1. The molecule has 2 aliphatic heterocycles. The average Bonchev–Trinajstić information content (AvgIpc) is 2.72. The van der Waals surface area contributed by atoms with E-state index in [1.807, 2.05) is 24.3 Å². The summed E-state index contributed by atoms with van der Waals surface area (Å²) >= 11 is 0. The Morgan fingerprint density at radius 1 is 1.15 bits per heavy atom. The Bertz CT molecular complexity index is 777. The molecule has 1 saturated heterocycles. The Kier molecular flexibility index (Phi) is 4.86. The minimum Gasteiger partial charge on any atom is -0.485 e. The summed E-state index contributed by atoms with van der Waals surface area (Å²) in [5.74, 6) is 1.78. The van der Waals surface area contributed by atoms with Gasteiger partial charge in [-0.15, -0.1) is 0 Å². The van der Waals surface area contributed by atoms with Crippen molar-refractivity contribution in [1.29, 1.82) is 0 Å². The van der Waals surface area contributed by atoms with Gasteiger partial charge in [0.2, 0.25) is 12.1 Å². The standard InChI is InChI=1S/C19H22N4O3/c24-18(17-13-25-15-6-2-3-7-16(15)26-17)21-12-14-8-9-20-19(22-14)23-10-4-1-5-11-23/h2-3,6-9,17H,1,4-5,10-13H2,(H,21,24). The van der Waals surface area contributed by atoms with Gasteiger partial charge in [0, 0.05) is 19.3 Å². The molecule has 0 spiro atoms. The van der Waals surface area contributed by atoms with Crippen molar-refractivity contribution >= 4 is 11.9 Å². The maximum Gasteiger partial charge on any atom is 0.265 e. The number of rotatable bonds is 4. The molecule has 1 aromatic heterocycles. The highest BCUT2D eigenvalue weighted by Gasteiger charge is 2.27. The Morgan fingerprint density at radius 2 is 1.96 bits per heavy atom. The summed E-state index contributed by atoms with van der Waals surface area (Å²) in [5, 5.41) is 2.88. The number of ether oxygens (including phenoxy) is 2. The molecule has 26 heavy (non-hydrogen) atoms. The van der Waals surface area contributed by atoms with Crippen molar-refractivity contribution in [2.45, 2.75) is 31.9 Å². The van der Waals surface area contributed by atoms with Crippen molar-refractivity contribution in [3.05, 3.63) is 42.2 Å². The molecule has 3 heterocycles. The monoisotopic (exact) mass is 354 g/mol. The maximum atomic E-state index is 12.4. The van der Waals surface area contributed by atoms with E-state index in [2.05, 4.69) is 20.2 Å². The number of hydrogen-bond acceptors (Lipinski definition) is 6. The van der Waals surface area contributed by atoms with Gasteiger partial charge < -0.3 is 19.7 Å². The summed E-state index contributed by atoms with van der Waals surface area (Å²) in [6.45, 7) is 2.51. The topological polar surface area (TPSA) is 76.6 Å². The number of para-hydroxylation sites is 2. The summed E-state index contributed by atoms with van der Waals surface area (Å²) in [5.41, 5.74) is 0.783. The second-order valence-corrected chi connectivity index (χ2v) is 6.48. The van der Waals surface area contributed by atoms with E-state index in [9.17, 15) is 4.79 Å². The van der Waals surface area contributed by atoms with Gasteiger partial charge in [0.25, 0.3) is 5.91 Å². The second kappa shape index (κ2) is 7.59. The van der Waals surface area contributed by atoms with Crippen molar-refractivity contribution in [2.75, 3.05) is 24.6 Å². The highest BCUT2D eigenvalue weighted by molar-refractivity contribution is 5.81. The van der Waals surface area contributed by atoms with Crippen molar-refractivity contribution < 1.29 is 14.3 Å². The molecule has 1 N–H and O–H groups in total. The Hall–Kier alpha value is -2.83. The lowest BCUT2D eigenvalue weighted by Gasteiger charge is -2.27. The first-order chi connectivity index (χ1) is 12.8. The van der Waals surface area contributed by atoms with Crippen LogP contribution in [0.5, 0.6) is 11.5 Å². The fourth-order valence-electron chi connectivity index (χ4n) is 3.17. The minimum atomic E-state index is -0.659. The summed E-state index contributed by atoms with van der Waals surface area (Å²) in [6.07, 6.45) is 4.69. The molecule has 1 aromatic carbocycles. The van der Waals surface area contributed by atoms with Gasteiger partial charge in [-0.25, -0.2) is 9.97 Å². The highest BCUT2D eigenvalue weighted by Crippen LogP contribution is 2.30. The van der Waals surface area contributed by atoms with Crippen molar-refractivity contribution in [2.24, 2.45) is 0 Å². The van der Waals surface area contributed by atoms with Crippen LogP contribution in [-0.2, 0) is 11.3 Å². The van der Waals surface area contributed by atoms with Crippen LogP contribution < -0.4 is 19.7 Å². The summed E-state index contributed by atoms with van der Waals surface area (Å²) < 4.78 is 11.3. The molecule has 0 bridgehead atoms. The van der Waals surface area contributed by atoms with Crippen molar-refractivity contribution in [3.8, 4) is 11.5 Å². The third kappa shape index (κ3) is 3.71. The van der Waals surface area contributed by atoms with Gasteiger partial charge in [0.05, 0.1) is 12.2 Å². The van der Waals surface area contributed by atoms with E-state index in [0.717, 1.165) is 24.7 Å². The number of nitrogens with zero attached hydrogens (tertiary/aromatic N) is 3. The molecular weight excluding hydrogens is 332 g/mol. The highest BCUT2D eigenvalue weighted by atomic mass is 16.6. The largest absolute Gasteiger partial charge is 0.485 e. The summed E-state index contributed by atoms with van der Waals surface area (Å²) in [7, 11) is 0. The molecule has 136 valence electrons. The zero-order chi connectivity index (χ0) is 17.8. The molecule has 0 saturated carbocycles. The van der Waals surface area contributed by atoms with E-state index in [4.69, 9.17) is 9.47 Å². The molecule has 1 amide bonds. The first-order valence-electron chi connectivity index (χ1n) is 9.03. The molecule has 1 unspecified atom stereocenters. The second-order valence-electron chi connectivity index (χ2n) is 6.48. The van der Waals surface area contributed by atoms with Crippen LogP contribution in [-0.4, -0.2) is 41.7 Å². The molecule has 7 heteroatoms. The van der Waals surface area contributed by atoms with Gasteiger partial charge >= 0.3 is 0 Å². The number of aromatic nitrogens is 2. The number of carbonyl (C=O) groups is 1. The smallest absolute Gasteiger partial charge is 0.265 e. The zero-order valence-electron chi connectivity index (χ0n) is 14.6. The van der Waals surface area contributed by atoms with E-state index < -0.39 is 6.10 Å². The third-order valence-corrected chi connectivity index (χ3v) is 4.58. The predicted octanol–water partition coefficient (Wildman–Crippen LogP) is 1.92. The van der Waals surface area contributed by atoms with Crippen LogP contribution in [0.25, 0.3) is 0 Å². The number of piperidine rings is 1.